The summed E-state index contributed by atoms with van der Waals surface area (Å²) < 4.78 is 0. The van der Waals surface area contributed by atoms with E-state index < -0.39 is 16.8 Å². The lowest BCUT2D eigenvalue weighted by Crippen LogP contribution is -2.29. The number of nitro groups is 1. The van der Waals surface area contributed by atoms with Gasteiger partial charge in [-0.2, -0.15) is 0 Å². The van der Waals surface area contributed by atoms with Gasteiger partial charge in [0.25, 0.3) is 11.6 Å². The van der Waals surface area contributed by atoms with Crippen LogP contribution < -0.4 is 5.32 Å². The molecular weight excluding hydrogens is 288 g/mol. The number of amides is 1. The molecule has 1 aromatic carbocycles. The number of rotatable bonds is 6. The van der Waals surface area contributed by atoms with E-state index >= 15 is 0 Å². The molecule has 1 aromatic rings. The van der Waals surface area contributed by atoms with Gasteiger partial charge in [0, 0.05) is 24.1 Å². The summed E-state index contributed by atoms with van der Waals surface area (Å²) in [5.41, 5.74) is -0.497. The molecule has 108 valence electrons. The summed E-state index contributed by atoms with van der Waals surface area (Å²) >= 11 is 5.72. The summed E-state index contributed by atoms with van der Waals surface area (Å²) in [6.07, 6.45) is -0.0993. The molecular formula is C12H13ClN2O5. The van der Waals surface area contributed by atoms with E-state index in [1.807, 2.05) is 0 Å². The van der Waals surface area contributed by atoms with Crippen molar-refractivity contribution in [2.24, 2.45) is 5.92 Å². The van der Waals surface area contributed by atoms with Gasteiger partial charge in [-0.3, -0.25) is 19.7 Å². The zero-order valence-electron chi connectivity index (χ0n) is 10.6. The van der Waals surface area contributed by atoms with Crippen molar-refractivity contribution in [2.75, 3.05) is 6.54 Å². The summed E-state index contributed by atoms with van der Waals surface area (Å²) in [5.74, 6) is -1.91. The summed E-state index contributed by atoms with van der Waals surface area (Å²) in [6.45, 7) is 1.76. The van der Waals surface area contributed by atoms with Crippen LogP contribution >= 0.6 is 11.6 Å². The summed E-state index contributed by atoms with van der Waals surface area (Å²) in [4.78, 5) is 32.5. The van der Waals surface area contributed by atoms with Gasteiger partial charge in [-0.05, 0) is 18.1 Å². The Bertz CT molecular complexity index is 547. The van der Waals surface area contributed by atoms with Gasteiger partial charge in [-0.15, -0.1) is 0 Å². The van der Waals surface area contributed by atoms with Gasteiger partial charge < -0.3 is 10.4 Å². The summed E-state index contributed by atoms with van der Waals surface area (Å²) in [7, 11) is 0. The Morgan fingerprint density at radius 3 is 2.70 bits per heavy atom. The second-order valence-corrected chi connectivity index (χ2v) is 4.77. The Labute approximate surface area is 119 Å². The molecule has 0 bridgehead atoms. The molecule has 0 aliphatic heterocycles. The number of carbonyl (C=O) groups is 2. The van der Waals surface area contributed by atoms with E-state index in [2.05, 4.69) is 5.32 Å². The third-order valence-corrected chi connectivity index (χ3v) is 2.77. The number of carbonyl (C=O) groups excluding carboxylic acids is 1. The lowest BCUT2D eigenvalue weighted by molar-refractivity contribution is -0.385. The molecule has 1 amide bonds. The lowest BCUT2D eigenvalue weighted by atomic mass is 10.1. The fourth-order valence-electron chi connectivity index (χ4n) is 1.58. The first-order valence-electron chi connectivity index (χ1n) is 5.75. The van der Waals surface area contributed by atoms with Crippen LogP contribution in [0, 0.1) is 16.0 Å². The molecule has 8 heteroatoms. The number of aliphatic carboxylic acids is 1. The molecule has 0 aliphatic rings. The van der Waals surface area contributed by atoms with Crippen molar-refractivity contribution in [3.8, 4) is 0 Å². The topological polar surface area (TPSA) is 110 Å². The van der Waals surface area contributed by atoms with E-state index in [1.54, 1.807) is 6.92 Å². The number of nitro benzene ring substituents is 1. The van der Waals surface area contributed by atoms with Crippen molar-refractivity contribution >= 4 is 29.2 Å². The van der Waals surface area contributed by atoms with Crippen molar-refractivity contribution in [2.45, 2.75) is 13.3 Å². The fourth-order valence-corrected chi connectivity index (χ4v) is 1.75. The minimum absolute atomic E-state index is 0.0993. The van der Waals surface area contributed by atoms with Gasteiger partial charge in [0.2, 0.25) is 0 Å². The number of benzene rings is 1. The van der Waals surface area contributed by atoms with Crippen LogP contribution in [0.5, 0.6) is 0 Å². The van der Waals surface area contributed by atoms with Crippen molar-refractivity contribution in [1.29, 1.82) is 0 Å². The van der Waals surface area contributed by atoms with Crippen LogP contribution in [-0.2, 0) is 4.79 Å². The Balaban J connectivity index is 2.79. The molecule has 0 fully saturated rings. The van der Waals surface area contributed by atoms with Crippen LogP contribution in [0.15, 0.2) is 18.2 Å². The number of nitrogens with zero attached hydrogens (tertiary/aromatic N) is 1. The Morgan fingerprint density at radius 1 is 1.50 bits per heavy atom. The number of carboxylic acid groups (broad SMARTS) is 1. The maximum atomic E-state index is 11.9. The highest BCUT2D eigenvalue weighted by Gasteiger charge is 2.21. The number of hydrogen-bond donors (Lipinski definition) is 2. The zero-order valence-corrected chi connectivity index (χ0v) is 11.4. The zero-order chi connectivity index (χ0) is 15.3. The molecule has 20 heavy (non-hydrogen) atoms. The van der Waals surface area contributed by atoms with Gasteiger partial charge >= 0.3 is 5.97 Å². The third kappa shape index (κ3) is 4.51. The van der Waals surface area contributed by atoms with Crippen LogP contribution in [0.25, 0.3) is 0 Å². The number of nitrogens with one attached hydrogen (secondary N) is 1. The van der Waals surface area contributed by atoms with Crippen molar-refractivity contribution in [3.05, 3.63) is 38.9 Å². The molecule has 1 atom stereocenters. The average molecular weight is 301 g/mol. The maximum absolute atomic E-state index is 11.9. The van der Waals surface area contributed by atoms with E-state index in [-0.39, 0.29) is 35.2 Å². The van der Waals surface area contributed by atoms with Crippen molar-refractivity contribution in [3.63, 3.8) is 0 Å². The second kappa shape index (κ2) is 6.85. The normalized spacial score (nSPS) is 11.7. The quantitative estimate of drug-likeness (QED) is 0.617. The molecule has 0 saturated heterocycles. The number of halogens is 1. The molecule has 0 heterocycles. The Hall–Kier alpha value is -2.15. The number of hydrogen-bond acceptors (Lipinski definition) is 4. The standard InChI is InChI=1S/C12H13ClN2O5/c1-7(4-11(16)17)6-14-12(18)9-5-8(13)2-3-10(9)15(19)20/h2-3,5,7H,4,6H2,1H3,(H,14,18)(H,16,17). The van der Waals surface area contributed by atoms with Crippen LogP contribution in [0.3, 0.4) is 0 Å². The van der Waals surface area contributed by atoms with Gasteiger partial charge in [0.1, 0.15) is 5.56 Å². The van der Waals surface area contributed by atoms with Crippen LogP contribution in [-0.4, -0.2) is 28.5 Å². The average Bonchev–Trinajstić information content (AvgIpc) is 2.34. The largest absolute Gasteiger partial charge is 0.481 e. The fraction of sp³-hybridized carbons (Fsp3) is 0.333. The van der Waals surface area contributed by atoms with Crippen LogP contribution in [0.4, 0.5) is 5.69 Å². The van der Waals surface area contributed by atoms with Crippen LogP contribution in [0.2, 0.25) is 5.02 Å². The highest BCUT2D eigenvalue weighted by Crippen LogP contribution is 2.22. The molecule has 0 saturated carbocycles. The number of carboxylic acids is 1. The first-order chi connectivity index (χ1) is 9.31. The van der Waals surface area contributed by atoms with E-state index in [0.717, 1.165) is 6.07 Å². The van der Waals surface area contributed by atoms with Gasteiger partial charge in [-0.1, -0.05) is 18.5 Å². The molecule has 0 aliphatic carbocycles. The van der Waals surface area contributed by atoms with E-state index in [4.69, 9.17) is 16.7 Å². The predicted molar refractivity (Wildman–Crippen MR) is 71.9 cm³/mol. The van der Waals surface area contributed by atoms with Crippen molar-refractivity contribution in [1.82, 2.24) is 5.32 Å². The van der Waals surface area contributed by atoms with Gasteiger partial charge in [0.15, 0.2) is 0 Å². The highest BCUT2D eigenvalue weighted by molar-refractivity contribution is 6.31. The monoisotopic (exact) mass is 300 g/mol. The molecule has 1 unspecified atom stereocenters. The third-order valence-electron chi connectivity index (χ3n) is 2.53. The molecule has 0 spiro atoms. The minimum Gasteiger partial charge on any atom is -0.481 e. The predicted octanol–water partition coefficient (Wildman–Crippen LogP) is 2.09. The Kier molecular flexibility index (Phi) is 5.45. The lowest BCUT2D eigenvalue weighted by Gasteiger charge is -2.10. The molecule has 0 radical (unpaired) electrons. The van der Waals surface area contributed by atoms with Crippen molar-refractivity contribution < 1.29 is 19.6 Å². The van der Waals surface area contributed by atoms with Gasteiger partial charge in [-0.25, -0.2) is 0 Å². The highest BCUT2D eigenvalue weighted by atomic mass is 35.5. The maximum Gasteiger partial charge on any atom is 0.303 e. The Morgan fingerprint density at radius 2 is 2.15 bits per heavy atom. The van der Waals surface area contributed by atoms with E-state index in [0.29, 0.717) is 0 Å². The first kappa shape index (κ1) is 15.9. The second-order valence-electron chi connectivity index (χ2n) is 4.33. The molecule has 7 nitrogen and oxygen atoms in total. The van der Waals surface area contributed by atoms with Crippen LogP contribution in [0.1, 0.15) is 23.7 Å². The SMILES string of the molecule is CC(CNC(=O)c1cc(Cl)ccc1[N+](=O)[O-])CC(=O)O. The minimum atomic E-state index is -0.972. The first-order valence-corrected chi connectivity index (χ1v) is 6.13. The molecule has 0 aromatic heterocycles. The molecule has 1 rings (SSSR count). The molecule has 2 N–H and O–H groups in total. The van der Waals surface area contributed by atoms with Gasteiger partial charge in [0.05, 0.1) is 4.92 Å². The van der Waals surface area contributed by atoms with E-state index in [9.17, 15) is 19.7 Å². The summed E-state index contributed by atoms with van der Waals surface area (Å²) in [6, 6.07) is 3.68. The smallest absolute Gasteiger partial charge is 0.303 e. The summed E-state index contributed by atoms with van der Waals surface area (Å²) in [5, 5.41) is 22.1. The van der Waals surface area contributed by atoms with E-state index in [1.165, 1.54) is 12.1 Å².